The van der Waals surface area contributed by atoms with Crippen LogP contribution in [0.4, 0.5) is 0 Å². The van der Waals surface area contributed by atoms with Gasteiger partial charge in [0.1, 0.15) is 0 Å². The predicted octanol–water partition coefficient (Wildman–Crippen LogP) is 2.95. The van der Waals surface area contributed by atoms with Crippen molar-refractivity contribution < 1.29 is 15.0 Å². The zero-order chi connectivity index (χ0) is 12.3. The Morgan fingerprint density at radius 3 is 2.44 bits per heavy atom. The average molecular weight is 248 g/mol. The van der Waals surface area contributed by atoms with E-state index in [0.29, 0.717) is 12.0 Å². The smallest absolute Gasteiger partial charge is 0.341 e. The van der Waals surface area contributed by atoms with Crippen molar-refractivity contribution in [1.82, 2.24) is 0 Å². The molecule has 2 atom stereocenters. The summed E-state index contributed by atoms with van der Waals surface area (Å²) < 4.78 is 0. The quantitative estimate of drug-likeness (QED) is 0.808. The lowest BCUT2D eigenvalue weighted by atomic mass is 9.76. The van der Waals surface area contributed by atoms with Crippen molar-refractivity contribution in [3.8, 4) is 0 Å². The van der Waals surface area contributed by atoms with Crippen LogP contribution < -0.4 is 0 Å². The second-order valence-electron chi connectivity index (χ2n) is 4.40. The molecule has 1 aromatic carbocycles. The maximum atomic E-state index is 11.4. The van der Waals surface area contributed by atoms with E-state index in [4.69, 9.17) is 0 Å². The summed E-state index contributed by atoms with van der Waals surface area (Å²) >= 11 is 0. The number of carboxylic acids is 1. The number of carbonyl (C=O) groups is 1. The standard InChI is InChI=1S/C14H16O3.CH4/c15-13(16)14(17,11-7-3-1-4-8-11)12-9-5-2-6-10-12;/h1,3-5,7-9,12,17H,2,6,10H2,(H,15,16);1H4. The number of hydrogen-bond acceptors (Lipinski definition) is 2. The number of hydrogen-bond donors (Lipinski definition) is 2. The summed E-state index contributed by atoms with van der Waals surface area (Å²) in [4.78, 5) is 11.4. The summed E-state index contributed by atoms with van der Waals surface area (Å²) in [5, 5.41) is 19.9. The van der Waals surface area contributed by atoms with Gasteiger partial charge in [-0.2, -0.15) is 0 Å². The Morgan fingerprint density at radius 1 is 1.28 bits per heavy atom. The Labute approximate surface area is 108 Å². The van der Waals surface area contributed by atoms with E-state index in [1.54, 1.807) is 24.3 Å². The number of carboxylic acid groups (broad SMARTS) is 1. The monoisotopic (exact) mass is 248 g/mol. The first-order chi connectivity index (χ1) is 8.15. The molecule has 1 aromatic rings. The van der Waals surface area contributed by atoms with Gasteiger partial charge in [0.05, 0.1) is 0 Å². The van der Waals surface area contributed by atoms with E-state index in [9.17, 15) is 15.0 Å². The Hall–Kier alpha value is -1.61. The van der Waals surface area contributed by atoms with Gasteiger partial charge in [0.15, 0.2) is 5.60 Å². The fraction of sp³-hybridized carbons (Fsp3) is 0.400. The topological polar surface area (TPSA) is 57.5 Å². The first-order valence-electron chi connectivity index (χ1n) is 5.83. The lowest BCUT2D eigenvalue weighted by Crippen LogP contribution is -2.42. The minimum Gasteiger partial charge on any atom is -0.479 e. The second kappa shape index (κ2) is 5.83. The molecule has 0 amide bonds. The van der Waals surface area contributed by atoms with Gasteiger partial charge in [0, 0.05) is 5.92 Å². The molecule has 0 saturated heterocycles. The molecule has 2 unspecified atom stereocenters. The lowest BCUT2D eigenvalue weighted by Gasteiger charge is -2.32. The first-order valence-corrected chi connectivity index (χ1v) is 5.83. The third kappa shape index (κ3) is 2.46. The number of allylic oxidation sites excluding steroid dienone is 1. The fourth-order valence-electron chi connectivity index (χ4n) is 2.35. The second-order valence-corrected chi connectivity index (χ2v) is 4.40. The summed E-state index contributed by atoms with van der Waals surface area (Å²) in [6.45, 7) is 0. The van der Waals surface area contributed by atoms with E-state index in [1.807, 2.05) is 18.2 Å². The van der Waals surface area contributed by atoms with Gasteiger partial charge >= 0.3 is 5.97 Å². The molecule has 2 N–H and O–H groups in total. The minimum absolute atomic E-state index is 0. The van der Waals surface area contributed by atoms with Crippen LogP contribution >= 0.6 is 0 Å². The summed E-state index contributed by atoms with van der Waals surface area (Å²) in [5.74, 6) is -1.53. The predicted molar refractivity (Wildman–Crippen MR) is 71.2 cm³/mol. The molecule has 0 saturated carbocycles. The molecule has 98 valence electrons. The van der Waals surface area contributed by atoms with E-state index < -0.39 is 11.6 Å². The summed E-state index contributed by atoms with van der Waals surface area (Å²) in [6, 6.07) is 8.63. The SMILES string of the molecule is C.O=C(O)C(O)(c1ccccc1)C1C=CCCC1. The van der Waals surface area contributed by atoms with Crippen molar-refractivity contribution in [2.24, 2.45) is 5.92 Å². The van der Waals surface area contributed by atoms with Crippen LogP contribution in [0.5, 0.6) is 0 Å². The van der Waals surface area contributed by atoms with Crippen LogP contribution in [0.3, 0.4) is 0 Å². The van der Waals surface area contributed by atoms with Crippen LogP contribution in [-0.2, 0) is 10.4 Å². The summed E-state index contributed by atoms with van der Waals surface area (Å²) in [7, 11) is 0. The molecule has 0 spiro atoms. The molecular formula is C15H20O3. The van der Waals surface area contributed by atoms with Gasteiger partial charge < -0.3 is 10.2 Å². The van der Waals surface area contributed by atoms with E-state index in [2.05, 4.69) is 0 Å². The van der Waals surface area contributed by atoms with Crippen molar-refractivity contribution in [2.75, 3.05) is 0 Å². The molecule has 0 aromatic heterocycles. The van der Waals surface area contributed by atoms with Crippen LogP contribution in [-0.4, -0.2) is 16.2 Å². The number of aliphatic hydroxyl groups is 1. The first kappa shape index (κ1) is 14.5. The maximum Gasteiger partial charge on any atom is 0.341 e. The Bertz CT molecular complexity index is 425. The van der Waals surface area contributed by atoms with Gasteiger partial charge in [-0.05, 0) is 24.8 Å². The number of rotatable bonds is 3. The van der Waals surface area contributed by atoms with Gasteiger partial charge in [-0.1, -0.05) is 49.9 Å². The van der Waals surface area contributed by atoms with Crippen molar-refractivity contribution in [3.05, 3.63) is 48.0 Å². The number of aliphatic carboxylic acids is 1. The highest BCUT2D eigenvalue weighted by molar-refractivity contribution is 5.80. The normalized spacial score (nSPS) is 21.7. The van der Waals surface area contributed by atoms with Gasteiger partial charge in [0.2, 0.25) is 0 Å². The molecule has 18 heavy (non-hydrogen) atoms. The molecule has 0 heterocycles. The Morgan fingerprint density at radius 2 is 1.94 bits per heavy atom. The third-order valence-electron chi connectivity index (χ3n) is 3.33. The Balaban J connectivity index is 0.00000162. The molecular weight excluding hydrogens is 228 g/mol. The molecule has 0 fully saturated rings. The Kier molecular flexibility index (Phi) is 4.68. The van der Waals surface area contributed by atoms with E-state index >= 15 is 0 Å². The van der Waals surface area contributed by atoms with Crippen LogP contribution in [0.15, 0.2) is 42.5 Å². The van der Waals surface area contributed by atoms with Crippen molar-refractivity contribution in [3.63, 3.8) is 0 Å². The van der Waals surface area contributed by atoms with Crippen LogP contribution in [0.1, 0.15) is 32.3 Å². The fourth-order valence-corrected chi connectivity index (χ4v) is 2.35. The molecule has 0 aliphatic heterocycles. The van der Waals surface area contributed by atoms with Gasteiger partial charge in [-0.3, -0.25) is 0 Å². The lowest BCUT2D eigenvalue weighted by molar-refractivity contribution is -0.165. The maximum absolute atomic E-state index is 11.4. The average Bonchev–Trinajstić information content (AvgIpc) is 2.39. The zero-order valence-electron chi connectivity index (χ0n) is 9.54. The summed E-state index contributed by atoms with van der Waals surface area (Å²) in [5.41, 5.74) is -1.36. The minimum atomic E-state index is -1.81. The molecule has 1 aliphatic rings. The highest BCUT2D eigenvalue weighted by Crippen LogP contribution is 2.36. The van der Waals surface area contributed by atoms with E-state index in [1.165, 1.54) is 0 Å². The van der Waals surface area contributed by atoms with Crippen molar-refractivity contribution in [1.29, 1.82) is 0 Å². The third-order valence-corrected chi connectivity index (χ3v) is 3.33. The van der Waals surface area contributed by atoms with Crippen LogP contribution in [0, 0.1) is 5.92 Å². The molecule has 1 aliphatic carbocycles. The van der Waals surface area contributed by atoms with Crippen LogP contribution in [0.2, 0.25) is 0 Å². The molecule has 0 radical (unpaired) electrons. The van der Waals surface area contributed by atoms with Crippen molar-refractivity contribution >= 4 is 5.97 Å². The van der Waals surface area contributed by atoms with Gasteiger partial charge in [0.25, 0.3) is 0 Å². The zero-order valence-corrected chi connectivity index (χ0v) is 9.54. The molecule has 0 bridgehead atoms. The molecule has 3 heteroatoms. The summed E-state index contributed by atoms with van der Waals surface area (Å²) in [6.07, 6.45) is 6.36. The number of benzene rings is 1. The molecule has 3 nitrogen and oxygen atoms in total. The van der Waals surface area contributed by atoms with Gasteiger partial charge in [-0.25, -0.2) is 4.79 Å². The van der Waals surface area contributed by atoms with E-state index in [-0.39, 0.29) is 13.3 Å². The molecule has 2 rings (SSSR count). The highest BCUT2D eigenvalue weighted by Gasteiger charge is 2.44. The van der Waals surface area contributed by atoms with Crippen molar-refractivity contribution in [2.45, 2.75) is 32.3 Å². The highest BCUT2D eigenvalue weighted by atomic mass is 16.4. The largest absolute Gasteiger partial charge is 0.479 e. The van der Waals surface area contributed by atoms with E-state index in [0.717, 1.165) is 12.8 Å². The van der Waals surface area contributed by atoms with Gasteiger partial charge in [-0.15, -0.1) is 0 Å². The van der Waals surface area contributed by atoms with Crippen LogP contribution in [0.25, 0.3) is 0 Å².